The smallest absolute Gasteiger partial charge is 0.226 e. The van der Waals surface area contributed by atoms with Crippen LogP contribution in [-0.2, 0) is 9.59 Å². The fraction of sp³-hybridized carbons (Fsp3) is 0.846. The molecule has 4 heteroatoms. The Bertz CT molecular complexity index is 297. The standard InChI is InChI=1S/C13H21NO3/c15-12(14-8-4-1-5-9-14)10-6-2-3-7-11(10)13(16)17/h10-11H,1-9H2,(H,16,17)/p-1/t10-,11-/m0/s1. The number of amides is 1. The Kier molecular flexibility index (Phi) is 4.02. The Morgan fingerprint density at radius 2 is 1.47 bits per heavy atom. The minimum Gasteiger partial charge on any atom is -0.550 e. The molecule has 96 valence electrons. The monoisotopic (exact) mass is 238 g/mol. The van der Waals surface area contributed by atoms with Gasteiger partial charge in [0.2, 0.25) is 5.91 Å². The zero-order valence-corrected chi connectivity index (χ0v) is 10.2. The SMILES string of the molecule is O=C([O-])[C@H]1CCCC[C@@H]1C(=O)N1CCCCC1. The van der Waals surface area contributed by atoms with Gasteiger partial charge in [-0.25, -0.2) is 0 Å². The van der Waals surface area contributed by atoms with Gasteiger partial charge >= 0.3 is 0 Å². The molecule has 1 heterocycles. The minimum absolute atomic E-state index is 0.0543. The van der Waals surface area contributed by atoms with Crippen molar-refractivity contribution in [1.29, 1.82) is 0 Å². The van der Waals surface area contributed by atoms with Crippen molar-refractivity contribution in [2.24, 2.45) is 11.8 Å². The second-order valence-electron chi connectivity index (χ2n) is 5.20. The molecule has 2 rings (SSSR count). The molecule has 1 aliphatic carbocycles. The van der Waals surface area contributed by atoms with Gasteiger partial charge in [0.15, 0.2) is 0 Å². The number of carboxylic acid groups (broad SMARTS) is 1. The van der Waals surface area contributed by atoms with Crippen molar-refractivity contribution in [2.45, 2.75) is 44.9 Å². The molecule has 0 aromatic rings. The van der Waals surface area contributed by atoms with E-state index >= 15 is 0 Å². The minimum atomic E-state index is -1.04. The van der Waals surface area contributed by atoms with Crippen molar-refractivity contribution >= 4 is 11.9 Å². The van der Waals surface area contributed by atoms with E-state index in [0.717, 1.165) is 38.8 Å². The average Bonchev–Trinajstić information content (AvgIpc) is 2.39. The number of carbonyl (C=O) groups is 2. The number of carboxylic acids is 1. The molecule has 0 radical (unpaired) electrons. The molecule has 0 aromatic carbocycles. The highest BCUT2D eigenvalue weighted by Crippen LogP contribution is 2.31. The number of aliphatic carboxylic acids is 1. The van der Waals surface area contributed by atoms with Crippen LogP contribution in [0.2, 0.25) is 0 Å². The number of hydrogen-bond acceptors (Lipinski definition) is 3. The molecule has 17 heavy (non-hydrogen) atoms. The maximum absolute atomic E-state index is 12.3. The Hall–Kier alpha value is -1.06. The number of piperidine rings is 1. The zero-order valence-electron chi connectivity index (χ0n) is 10.2. The highest BCUT2D eigenvalue weighted by Gasteiger charge is 2.34. The summed E-state index contributed by atoms with van der Waals surface area (Å²) in [5, 5.41) is 11.1. The van der Waals surface area contributed by atoms with Crippen LogP contribution < -0.4 is 5.11 Å². The molecule has 2 atom stereocenters. The van der Waals surface area contributed by atoms with E-state index in [2.05, 4.69) is 0 Å². The van der Waals surface area contributed by atoms with Crippen molar-refractivity contribution in [3.05, 3.63) is 0 Å². The van der Waals surface area contributed by atoms with E-state index in [1.165, 1.54) is 6.42 Å². The van der Waals surface area contributed by atoms with Crippen LogP contribution in [0, 0.1) is 11.8 Å². The van der Waals surface area contributed by atoms with E-state index in [9.17, 15) is 14.7 Å². The summed E-state index contributed by atoms with van der Waals surface area (Å²) in [6.07, 6.45) is 6.47. The fourth-order valence-electron chi connectivity index (χ4n) is 3.06. The summed E-state index contributed by atoms with van der Waals surface area (Å²) >= 11 is 0. The lowest BCUT2D eigenvalue weighted by Crippen LogP contribution is -2.47. The summed E-state index contributed by atoms with van der Waals surface area (Å²) in [5.74, 6) is -1.87. The lowest BCUT2D eigenvalue weighted by Gasteiger charge is -2.36. The van der Waals surface area contributed by atoms with Crippen LogP contribution in [0.3, 0.4) is 0 Å². The van der Waals surface area contributed by atoms with Crippen molar-refractivity contribution in [2.75, 3.05) is 13.1 Å². The predicted octanol–water partition coefficient (Wildman–Crippen LogP) is 0.555. The summed E-state index contributed by atoms with van der Waals surface area (Å²) in [7, 11) is 0. The van der Waals surface area contributed by atoms with Gasteiger partial charge in [0, 0.05) is 30.9 Å². The first-order valence-electron chi connectivity index (χ1n) is 6.70. The van der Waals surface area contributed by atoms with Gasteiger partial charge in [0.05, 0.1) is 0 Å². The first-order chi connectivity index (χ1) is 8.20. The Labute approximate surface area is 102 Å². The van der Waals surface area contributed by atoms with Gasteiger partial charge < -0.3 is 14.8 Å². The number of nitrogens with zero attached hydrogens (tertiary/aromatic N) is 1. The Balaban J connectivity index is 2.02. The van der Waals surface area contributed by atoms with Crippen molar-refractivity contribution in [3.8, 4) is 0 Å². The number of likely N-dealkylation sites (tertiary alicyclic amines) is 1. The number of rotatable bonds is 2. The van der Waals surface area contributed by atoms with Crippen LogP contribution in [0.4, 0.5) is 0 Å². The van der Waals surface area contributed by atoms with Gasteiger partial charge in [-0.3, -0.25) is 4.79 Å². The third kappa shape index (κ3) is 2.79. The molecule has 2 fully saturated rings. The first-order valence-corrected chi connectivity index (χ1v) is 6.70. The summed E-state index contributed by atoms with van der Waals surface area (Å²) in [6.45, 7) is 1.60. The van der Waals surface area contributed by atoms with Crippen molar-refractivity contribution in [1.82, 2.24) is 4.90 Å². The molecule has 2 aliphatic rings. The highest BCUT2D eigenvalue weighted by molar-refractivity contribution is 5.84. The van der Waals surface area contributed by atoms with Gasteiger partial charge in [0.1, 0.15) is 0 Å². The van der Waals surface area contributed by atoms with Crippen molar-refractivity contribution in [3.63, 3.8) is 0 Å². The van der Waals surface area contributed by atoms with E-state index < -0.39 is 11.9 Å². The number of carbonyl (C=O) groups excluding carboxylic acids is 2. The van der Waals surface area contributed by atoms with Gasteiger partial charge in [-0.1, -0.05) is 12.8 Å². The maximum Gasteiger partial charge on any atom is 0.226 e. The fourth-order valence-corrected chi connectivity index (χ4v) is 3.06. The summed E-state index contributed by atoms with van der Waals surface area (Å²) in [4.78, 5) is 25.2. The van der Waals surface area contributed by atoms with E-state index in [1.54, 1.807) is 0 Å². The van der Waals surface area contributed by atoms with E-state index in [0.29, 0.717) is 12.8 Å². The molecule has 0 spiro atoms. The lowest BCUT2D eigenvalue weighted by molar-refractivity contribution is -0.314. The zero-order chi connectivity index (χ0) is 12.3. The predicted molar refractivity (Wildman–Crippen MR) is 60.9 cm³/mol. The largest absolute Gasteiger partial charge is 0.550 e. The molecule has 0 unspecified atom stereocenters. The molecular weight excluding hydrogens is 218 g/mol. The van der Waals surface area contributed by atoms with Gasteiger partial charge in [-0.05, 0) is 32.1 Å². The molecule has 1 saturated heterocycles. The summed E-state index contributed by atoms with van der Waals surface area (Å²) in [6, 6.07) is 0. The van der Waals surface area contributed by atoms with Gasteiger partial charge in [-0.15, -0.1) is 0 Å². The molecule has 0 aromatic heterocycles. The molecule has 4 nitrogen and oxygen atoms in total. The topological polar surface area (TPSA) is 60.4 Å². The Morgan fingerprint density at radius 1 is 0.882 bits per heavy atom. The third-order valence-electron chi connectivity index (χ3n) is 4.05. The normalized spacial score (nSPS) is 30.0. The quantitative estimate of drug-likeness (QED) is 0.706. The second-order valence-corrected chi connectivity index (χ2v) is 5.20. The average molecular weight is 238 g/mol. The highest BCUT2D eigenvalue weighted by atomic mass is 16.4. The van der Waals surface area contributed by atoms with E-state index in [-0.39, 0.29) is 11.8 Å². The molecule has 1 amide bonds. The van der Waals surface area contributed by atoms with E-state index in [4.69, 9.17) is 0 Å². The maximum atomic E-state index is 12.3. The second kappa shape index (κ2) is 5.52. The van der Waals surface area contributed by atoms with Crippen LogP contribution in [0.5, 0.6) is 0 Å². The lowest BCUT2D eigenvalue weighted by atomic mass is 9.78. The summed E-state index contributed by atoms with van der Waals surface area (Å²) < 4.78 is 0. The van der Waals surface area contributed by atoms with Crippen molar-refractivity contribution < 1.29 is 14.7 Å². The molecule has 0 bridgehead atoms. The molecule has 1 aliphatic heterocycles. The van der Waals surface area contributed by atoms with Crippen LogP contribution >= 0.6 is 0 Å². The Morgan fingerprint density at radius 3 is 2.06 bits per heavy atom. The van der Waals surface area contributed by atoms with Crippen LogP contribution in [0.1, 0.15) is 44.9 Å². The van der Waals surface area contributed by atoms with Crippen LogP contribution in [0.25, 0.3) is 0 Å². The number of hydrogen-bond donors (Lipinski definition) is 0. The first kappa shape index (κ1) is 12.4. The molecule has 1 saturated carbocycles. The van der Waals surface area contributed by atoms with E-state index in [1.807, 2.05) is 4.90 Å². The third-order valence-corrected chi connectivity index (χ3v) is 4.05. The van der Waals surface area contributed by atoms with Crippen LogP contribution in [-0.4, -0.2) is 29.9 Å². The molecule has 0 N–H and O–H groups in total. The van der Waals surface area contributed by atoms with Gasteiger partial charge in [0.25, 0.3) is 0 Å². The summed E-state index contributed by atoms with van der Waals surface area (Å²) in [5.41, 5.74) is 0. The van der Waals surface area contributed by atoms with Crippen LogP contribution in [0.15, 0.2) is 0 Å². The molecular formula is C13H20NO3-. The van der Waals surface area contributed by atoms with Gasteiger partial charge in [-0.2, -0.15) is 0 Å².